The first-order valence-electron chi connectivity index (χ1n) is 9.72. The van der Waals surface area contributed by atoms with Crippen molar-refractivity contribution in [3.05, 3.63) is 12.2 Å². The fraction of sp³-hybridized carbons (Fsp3) is 0.647. The van der Waals surface area contributed by atoms with Crippen molar-refractivity contribution in [2.45, 2.75) is 63.6 Å². The highest BCUT2D eigenvalue weighted by atomic mass is 31.2. The molecule has 0 aromatic carbocycles. The number of ether oxygens (including phenoxy) is 3. The van der Waals surface area contributed by atoms with E-state index in [0.29, 0.717) is 11.2 Å². The van der Waals surface area contributed by atoms with Crippen molar-refractivity contribution >= 4 is 30.5 Å². The minimum absolute atomic E-state index is 0.0459. The lowest BCUT2D eigenvalue weighted by Gasteiger charge is -2.25. The van der Waals surface area contributed by atoms with Gasteiger partial charge in [0.05, 0.1) is 25.6 Å². The van der Waals surface area contributed by atoms with Gasteiger partial charge in [0, 0.05) is 6.42 Å². The summed E-state index contributed by atoms with van der Waals surface area (Å²) in [7, 11) is -4.97. The number of rotatable bonds is 7. The van der Waals surface area contributed by atoms with Crippen molar-refractivity contribution in [2.75, 3.05) is 12.3 Å². The van der Waals surface area contributed by atoms with Crippen LogP contribution >= 0.6 is 7.60 Å². The molecule has 1 saturated heterocycles. The van der Waals surface area contributed by atoms with Crippen molar-refractivity contribution in [2.24, 2.45) is 5.73 Å². The largest absolute Gasteiger partial charge is 0.458 e. The first-order valence-corrected chi connectivity index (χ1v) is 11.4. The fourth-order valence-electron chi connectivity index (χ4n) is 3.20. The average molecular weight is 474 g/mol. The summed E-state index contributed by atoms with van der Waals surface area (Å²) in [6.45, 7) is 4.35. The van der Waals surface area contributed by atoms with Gasteiger partial charge in [0.2, 0.25) is 0 Å². The van der Waals surface area contributed by atoms with E-state index in [4.69, 9.17) is 25.7 Å². The second-order valence-corrected chi connectivity index (χ2v) is 9.96. The smallest absolute Gasteiger partial charge is 0.365 e. The Morgan fingerprint density at radius 1 is 1.41 bits per heavy atom. The normalized spacial score (nSPS) is 22.9. The van der Waals surface area contributed by atoms with E-state index in [-0.39, 0.29) is 31.2 Å². The number of carbonyl (C=O) groups excluding carboxylic acids is 1. The number of fused-ring (bicyclic) bond motifs is 1. The highest BCUT2D eigenvalue weighted by molar-refractivity contribution is 7.53. The lowest BCUT2D eigenvalue weighted by atomic mass is 10.2. The predicted octanol–water partition coefficient (Wildman–Crippen LogP) is -0.622. The average Bonchev–Trinajstić information content (AvgIpc) is 3.22. The lowest BCUT2D eigenvalue weighted by Crippen LogP contribution is -2.35. The molecule has 2 aromatic rings. The molecule has 2 aromatic heterocycles. The molecule has 1 fully saturated rings. The summed E-state index contributed by atoms with van der Waals surface area (Å²) in [5.74, 6) is -2.90. The van der Waals surface area contributed by atoms with E-state index < -0.39 is 43.4 Å². The van der Waals surface area contributed by atoms with Crippen LogP contribution in [0.4, 0.5) is 5.82 Å². The maximum absolute atomic E-state index is 12.2. The van der Waals surface area contributed by atoms with Crippen LogP contribution in [0, 0.1) is 0 Å². The number of hydrogen-bond acceptors (Lipinski definition) is 11. The van der Waals surface area contributed by atoms with E-state index in [0.717, 1.165) is 0 Å². The molecule has 3 heterocycles. The van der Waals surface area contributed by atoms with Gasteiger partial charge in [0.15, 0.2) is 17.7 Å². The monoisotopic (exact) mass is 474 g/mol. The van der Waals surface area contributed by atoms with E-state index in [2.05, 4.69) is 15.0 Å². The molecular formula is C17H27N6O8P. The maximum atomic E-state index is 12.2. The van der Waals surface area contributed by atoms with Gasteiger partial charge in [0.1, 0.15) is 23.0 Å². The molecule has 0 radical (unpaired) electrons. The first-order chi connectivity index (χ1) is 14.8. The Kier molecular flexibility index (Phi) is 6.86. The predicted molar refractivity (Wildman–Crippen MR) is 110 cm³/mol. The van der Waals surface area contributed by atoms with Crippen LogP contribution < -0.4 is 11.5 Å². The molecule has 7 N–H and O–H groups in total. The minimum Gasteiger partial charge on any atom is -0.458 e. The van der Waals surface area contributed by atoms with Crippen LogP contribution in [-0.4, -0.2) is 70.6 Å². The van der Waals surface area contributed by atoms with Gasteiger partial charge >= 0.3 is 13.6 Å². The quantitative estimate of drug-likeness (QED) is 0.250. The van der Waals surface area contributed by atoms with Gasteiger partial charge in [-0.3, -0.25) is 9.13 Å². The second kappa shape index (κ2) is 8.98. The number of aliphatic hydroxyl groups is 1. The Bertz CT molecular complexity index is 1030. The number of aliphatic hydroxyl groups excluding tert-OH is 1. The van der Waals surface area contributed by atoms with Crippen molar-refractivity contribution in [3.63, 3.8) is 0 Å². The van der Waals surface area contributed by atoms with E-state index >= 15 is 0 Å². The Hall–Kier alpha value is -2.19. The SMILES string of the molecule is CC(C)(C)OC(=O)C(OC[C@@H]1C[C@@H](O)[C@H](n2cnc3c(N)nc(CN)nc32)O1)P(=O)(O)O. The van der Waals surface area contributed by atoms with Gasteiger partial charge in [-0.1, -0.05) is 0 Å². The van der Waals surface area contributed by atoms with Crippen molar-refractivity contribution in [1.82, 2.24) is 19.5 Å². The van der Waals surface area contributed by atoms with Gasteiger partial charge in [-0.05, 0) is 20.8 Å². The maximum Gasteiger partial charge on any atom is 0.365 e. The van der Waals surface area contributed by atoms with E-state index in [9.17, 15) is 24.3 Å². The van der Waals surface area contributed by atoms with Crippen molar-refractivity contribution in [3.8, 4) is 0 Å². The zero-order chi connectivity index (χ0) is 23.8. The third-order valence-electron chi connectivity index (χ3n) is 4.47. The highest BCUT2D eigenvalue weighted by Crippen LogP contribution is 2.43. The summed E-state index contributed by atoms with van der Waals surface area (Å²) in [4.78, 5) is 43.7. The summed E-state index contributed by atoms with van der Waals surface area (Å²) in [6.07, 6.45) is -1.28. The number of aromatic nitrogens is 4. The topological polar surface area (TPSA) is 218 Å². The zero-order valence-corrected chi connectivity index (χ0v) is 18.7. The molecule has 0 saturated carbocycles. The third kappa shape index (κ3) is 5.41. The van der Waals surface area contributed by atoms with Gasteiger partial charge in [0.25, 0.3) is 5.85 Å². The Balaban J connectivity index is 1.74. The summed E-state index contributed by atoms with van der Waals surface area (Å²) >= 11 is 0. The van der Waals surface area contributed by atoms with Crippen molar-refractivity contribution < 1.29 is 38.5 Å². The molecular weight excluding hydrogens is 447 g/mol. The molecule has 0 spiro atoms. The molecule has 1 unspecified atom stereocenters. The number of nitrogen functional groups attached to an aromatic ring is 1. The van der Waals surface area contributed by atoms with Crippen LogP contribution in [-0.2, 0) is 30.1 Å². The molecule has 4 atom stereocenters. The molecule has 3 rings (SSSR count). The van der Waals surface area contributed by atoms with Gasteiger partial charge in [-0.2, -0.15) is 0 Å². The summed E-state index contributed by atoms with van der Waals surface area (Å²) in [5, 5.41) is 10.5. The number of esters is 1. The molecule has 1 aliphatic heterocycles. The van der Waals surface area contributed by atoms with Gasteiger partial charge < -0.3 is 40.6 Å². The lowest BCUT2D eigenvalue weighted by molar-refractivity contribution is -0.166. The number of imidazole rings is 1. The number of nitrogens with two attached hydrogens (primary N) is 2. The van der Waals surface area contributed by atoms with Crippen molar-refractivity contribution in [1.29, 1.82) is 0 Å². The Morgan fingerprint density at radius 3 is 2.69 bits per heavy atom. The Labute approximate surface area is 183 Å². The zero-order valence-electron chi connectivity index (χ0n) is 17.8. The van der Waals surface area contributed by atoms with Crippen LogP contribution in [0.5, 0.6) is 0 Å². The molecule has 0 amide bonds. The number of nitrogens with zero attached hydrogens (tertiary/aromatic N) is 4. The minimum atomic E-state index is -4.97. The summed E-state index contributed by atoms with van der Waals surface area (Å²) < 4.78 is 29.2. The standard InChI is InChI=1S/C17H27N6O8P/c1-17(2,3)31-15(25)16(32(26,27)28)29-6-8-4-9(24)14(30-8)23-7-20-11-12(19)21-10(5-18)22-13(11)23/h7-9,14,16,24H,4-6,18H2,1-3H3,(H2,19,21,22)(H2,26,27,28)/t8-,9+,14+,16?/m0/s1. The fourth-order valence-corrected chi connectivity index (χ4v) is 3.81. The number of hydrogen-bond donors (Lipinski definition) is 5. The second-order valence-electron chi connectivity index (χ2n) is 8.31. The van der Waals surface area contributed by atoms with Crippen LogP contribution in [0.1, 0.15) is 39.2 Å². The molecule has 0 bridgehead atoms. The number of anilines is 1. The van der Waals surface area contributed by atoms with Gasteiger partial charge in [-0.15, -0.1) is 0 Å². The van der Waals surface area contributed by atoms with Crippen LogP contribution in [0.2, 0.25) is 0 Å². The molecule has 0 aliphatic carbocycles. The first kappa shape index (κ1) is 24.5. The van der Waals surface area contributed by atoms with Crippen LogP contribution in [0.25, 0.3) is 11.2 Å². The molecule has 32 heavy (non-hydrogen) atoms. The summed E-state index contributed by atoms with van der Waals surface area (Å²) in [6, 6.07) is 0. The van der Waals surface area contributed by atoms with E-state index in [1.807, 2.05) is 0 Å². The molecule has 178 valence electrons. The highest BCUT2D eigenvalue weighted by Gasteiger charge is 2.42. The van der Waals surface area contributed by atoms with Crippen LogP contribution in [0.3, 0.4) is 0 Å². The third-order valence-corrected chi connectivity index (χ3v) is 5.44. The Morgan fingerprint density at radius 2 is 2.09 bits per heavy atom. The molecule has 15 heteroatoms. The van der Waals surface area contributed by atoms with Crippen LogP contribution in [0.15, 0.2) is 6.33 Å². The molecule has 1 aliphatic rings. The molecule has 14 nitrogen and oxygen atoms in total. The van der Waals surface area contributed by atoms with E-state index in [1.54, 1.807) is 20.8 Å². The van der Waals surface area contributed by atoms with E-state index in [1.165, 1.54) is 10.9 Å². The summed E-state index contributed by atoms with van der Waals surface area (Å²) in [5.41, 5.74) is 11.1. The number of carbonyl (C=O) groups is 1. The van der Waals surface area contributed by atoms with Gasteiger partial charge in [-0.25, -0.2) is 19.7 Å².